The molecule has 0 spiro atoms. The van der Waals surface area contributed by atoms with Gasteiger partial charge in [-0.05, 0) is 62.1 Å². The van der Waals surface area contributed by atoms with Crippen LogP contribution in [0.2, 0.25) is 0 Å². The Hall–Kier alpha value is -3.24. The molecule has 2 fully saturated rings. The number of aromatic hydroxyl groups is 1. The number of esters is 1. The Bertz CT molecular complexity index is 1080. The second-order valence-electron chi connectivity index (χ2n) is 9.57. The predicted octanol–water partition coefficient (Wildman–Crippen LogP) is 3.04. The number of rotatable bonds is 8. The van der Waals surface area contributed by atoms with E-state index in [0.717, 1.165) is 18.4 Å². The van der Waals surface area contributed by atoms with Crippen molar-refractivity contribution in [3.05, 3.63) is 53.6 Å². The number of nitrogens with zero attached hydrogens (tertiary/aromatic N) is 1. The van der Waals surface area contributed by atoms with Crippen LogP contribution in [0.4, 0.5) is 4.39 Å². The van der Waals surface area contributed by atoms with E-state index in [1.165, 1.54) is 31.5 Å². The van der Waals surface area contributed by atoms with E-state index in [2.05, 4.69) is 10.3 Å². The highest BCUT2D eigenvalue weighted by atomic mass is 19.1. The van der Waals surface area contributed by atoms with Gasteiger partial charge in [0, 0.05) is 25.5 Å². The molecule has 10 heteroatoms. The standard InChI is InChI=1S/C27H33FN2O7/c1-16-25(36-14-18-3-4-18)19(13-17-5-7-20(28)8-6-17)10-12-35-15-21(27(33)37-16)30-26(32)23-24(31)22(34-2)9-11-29-23/h5-9,11,16,18-19,21,25,31H,3-4,10,12-15H2,1-2H3,(H,30,32)/t16-,19+,21-,25-/m0/s1. The zero-order valence-corrected chi connectivity index (χ0v) is 21.0. The lowest BCUT2D eigenvalue weighted by Gasteiger charge is -2.34. The molecule has 1 aromatic heterocycles. The summed E-state index contributed by atoms with van der Waals surface area (Å²) in [5.41, 5.74) is 0.681. The van der Waals surface area contributed by atoms with Gasteiger partial charge in [-0.3, -0.25) is 4.79 Å². The number of aromatic nitrogens is 1. The van der Waals surface area contributed by atoms with Crippen molar-refractivity contribution in [1.29, 1.82) is 0 Å². The number of cyclic esters (lactones) is 1. The molecular weight excluding hydrogens is 483 g/mol. The molecule has 4 atom stereocenters. The second kappa shape index (κ2) is 12.3. The number of carbonyl (C=O) groups excluding carboxylic acids is 2. The minimum absolute atomic E-state index is 0.0314. The molecule has 37 heavy (non-hydrogen) atoms. The van der Waals surface area contributed by atoms with Crippen molar-refractivity contribution in [2.45, 2.75) is 50.9 Å². The maximum atomic E-state index is 13.4. The minimum atomic E-state index is -1.11. The van der Waals surface area contributed by atoms with Crippen LogP contribution in [0.3, 0.4) is 0 Å². The van der Waals surface area contributed by atoms with Gasteiger partial charge in [-0.1, -0.05) is 12.1 Å². The van der Waals surface area contributed by atoms with Crippen molar-refractivity contribution in [2.75, 3.05) is 26.9 Å². The third-order valence-corrected chi connectivity index (χ3v) is 6.69. The average Bonchev–Trinajstić information content (AvgIpc) is 3.71. The van der Waals surface area contributed by atoms with Crippen LogP contribution in [0, 0.1) is 17.7 Å². The molecule has 1 aromatic carbocycles. The first-order valence-corrected chi connectivity index (χ1v) is 12.5. The summed E-state index contributed by atoms with van der Waals surface area (Å²) in [6.07, 6.45) is 3.78. The third kappa shape index (κ3) is 7.17. The summed E-state index contributed by atoms with van der Waals surface area (Å²) in [5.74, 6) is -1.60. The Kier molecular flexibility index (Phi) is 8.94. The maximum absolute atomic E-state index is 13.4. The molecule has 0 unspecified atom stereocenters. The summed E-state index contributed by atoms with van der Waals surface area (Å²) in [4.78, 5) is 29.8. The van der Waals surface area contributed by atoms with E-state index in [1.54, 1.807) is 19.1 Å². The largest absolute Gasteiger partial charge is 0.503 e. The van der Waals surface area contributed by atoms with E-state index in [1.807, 2.05) is 0 Å². The van der Waals surface area contributed by atoms with E-state index in [9.17, 15) is 19.1 Å². The fourth-order valence-corrected chi connectivity index (χ4v) is 4.42. The van der Waals surface area contributed by atoms with Crippen molar-refractivity contribution in [3.8, 4) is 11.5 Å². The van der Waals surface area contributed by atoms with Crippen molar-refractivity contribution in [3.63, 3.8) is 0 Å². The number of hydrogen-bond acceptors (Lipinski definition) is 8. The molecule has 1 saturated carbocycles. The van der Waals surface area contributed by atoms with Crippen LogP contribution < -0.4 is 10.1 Å². The molecule has 0 bridgehead atoms. The second-order valence-corrected chi connectivity index (χ2v) is 9.57. The molecule has 2 aromatic rings. The maximum Gasteiger partial charge on any atom is 0.331 e. The number of halogens is 1. The van der Waals surface area contributed by atoms with Crippen LogP contribution >= 0.6 is 0 Å². The Morgan fingerprint density at radius 1 is 1.22 bits per heavy atom. The van der Waals surface area contributed by atoms with Crippen LogP contribution in [0.5, 0.6) is 11.5 Å². The van der Waals surface area contributed by atoms with E-state index in [4.69, 9.17) is 18.9 Å². The zero-order chi connectivity index (χ0) is 26.4. The Morgan fingerprint density at radius 2 is 1.97 bits per heavy atom. The van der Waals surface area contributed by atoms with Crippen molar-refractivity contribution in [1.82, 2.24) is 10.3 Å². The van der Waals surface area contributed by atoms with Gasteiger partial charge in [-0.15, -0.1) is 0 Å². The van der Waals surface area contributed by atoms with Gasteiger partial charge in [0.2, 0.25) is 0 Å². The predicted molar refractivity (Wildman–Crippen MR) is 131 cm³/mol. The zero-order valence-electron chi connectivity index (χ0n) is 21.0. The van der Waals surface area contributed by atoms with Crippen molar-refractivity contribution >= 4 is 11.9 Å². The summed E-state index contributed by atoms with van der Waals surface area (Å²) in [7, 11) is 1.36. The van der Waals surface area contributed by atoms with Crippen LogP contribution in [0.25, 0.3) is 0 Å². The van der Waals surface area contributed by atoms with Gasteiger partial charge < -0.3 is 29.4 Å². The van der Waals surface area contributed by atoms with Crippen molar-refractivity contribution < 1.29 is 38.0 Å². The Balaban J connectivity index is 1.48. The highest BCUT2D eigenvalue weighted by molar-refractivity contribution is 5.98. The molecule has 1 saturated heterocycles. The SMILES string of the molecule is COc1ccnc(C(=O)N[C@H]2COCC[C@H](Cc3ccc(F)cc3)[C@@H](OCC3CC3)[C@H](C)OC2=O)c1O. The molecule has 9 nitrogen and oxygen atoms in total. The van der Waals surface area contributed by atoms with E-state index < -0.39 is 35.9 Å². The number of pyridine rings is 1. The molecule has 0 radical (unpaired) electrons. The lowest BCUT2D eigenvalue weighted by atomic mass is 9.88. The number of amides is 1. The Labute approximate surface area is 215 Å². The molecule has 2 heterocycles. The summed E-state index contributed by atoms with van der Waals surface area (Å²) in [6.45, 7) is 2.57. The summed E-state index contributed by atoms with van der Waals surface area (Å²) < 4.78 is 36.3. The van der Waals surface area contributed by atoms with Gasteiger partial charge in [0.15, 0.2) is 23.2 Å². The van der Waals surface area contributed by atoms with Gasteiger partial charge >= 0.3 is 5.97 Å². The number of hydrogen-bond donors (Lipinski definition) is 2. The van der Waals surface area contributed by atoms with Crippen LogP contribution in [0.1, 0.15) is 42.2 Å². The number of nitrogens with one attached hydrogen (secondary N) is 1. The molecule has 2 aliphatic rings. The first-order chi connectivity index (χ1) is 17.9. The number of ether oxygens (including phenoxy) is 4. The van der Waals surface area contributed by atoms with Crippen LogP contribution in [-0.4, -0.2) is 67.1 Å². The smallest absolute Gasteiger partial charge is 0.331 e. The molecule has 1 aliphatic carbocycles. The lowest BCUT2D eigenvalue weighted by molar-refractivity contribution is -0.166. The van der Waals surface area contributed by atoms with Crippen molar-refractivity contribution in [2.24, 2.45) is 11.8 Å². The summed E-state index contributed by atoms with van der Waals surface area (Å²) >= 11 is 0. The van der Waals surface area contributed by atoms with Gasteiger partial charge in [0.25, 0.3) is 5.91 Å². The average molecular weight is 517 g/mol. The molecule has 2 N–H and O–H groups in total. The number of benzene rings is 1. The topological polar surface area (TPSA) is 116 Å². The normalized spacial score (nSPS) is 24.7. The number of methoxy groups -OCH3 is 1. The third-order valence-electron chi connectivity index (χ3n) is 6.69. The molecule has 4 rings (SSSR count). The number of carbonyl (C=O) groups is 2. The lowest BCUT2D eigenvalue weighted by Crippen LogP contribution is -2.49. The fourth-order valence-electron chi connectivity index (χ4n) is 4.42. The van der Waals surface area contributed by atoms with E-state index in [-0.39, 0.29) is 29.8 Å². The highest BCUT2D eigenvalue weighted by Gasteiger charge is 2.36. The van der Waals surface area contributed by atoms with E-state index in [0.29, 0.717) is 32.0 Å². The van der Waals surface area contributed by atoms with Gasteiger partial charge in [0.05, 0.1) is 19.8 Å². The fraction of sp³-hybridized carbons (Fsp3) is 0.519. The minimum Gasteiger partial charge on any atom is -0.503 e. The van der Waals surface area contributed by atoms with Gasteiger partial charge in [-0.2, -0.15) is 0 Å². The first-order valence-electron chi connectivity index (χ1n) is 12.5. The molecule has 1 aliphatic heterocycles. The summed E-state index contributed by atoms with van der Waals surface area (Å²) in [6, 6.07) is 6.66. The van der Waals surface area contributed by atoms with E-state index >= 15 is 0 Å². The Morgan fingerprint density at radius 3 is 2.68 bits per heavy atom. The molecular formula is C27H33FN2O7. The summed E-state index contributed by atoms with van der Waals surface area (Å²) in [5, 5.41) is 12.8. The molecule has 1 amide bonds. The quantitative estimate of drug-likeness (QED) is 0.515. The van der Waals surface area contributed by atoms with Gasteiger partial charge in [0.1, 0.15) is 11.9 Å². The van der Waals surface area contributed by atoms with Crippen LogP contribution in [0.15, 0.2) is 36.5 Å². The van der Waals surface area contributed by atoms with Crippen LogP contribution in [-0.2, 0) is 25.4 Å². The first kappa shape index (κ1) is 26.8. The monoisotopic (exact) mass is 516 g/mol. The van der Waals surface area contributed by atoms with Gasteiger partial charge in [-0.25, -0.2) is 14.2 Å². The molecule has 200 valence electrons. The highest BCUT2D eigenvalue weighted by Crippen LogP contribution is 2.32.